The molecular weight excluding hydrogens is 296 g/mol. The topological polar surface area (TPSA) is 96.2 Å². The van der Waals surface area contributed by atoms with E-state index in [4.69, 9.17) is 0 Å². The Morgan fingerprint density at radius 3 is 2.57 bits per heavy atom. The van der Waals surface area contributed by atoms with E-state index in [1.807, 2.05) is 25.1 Å². The molecule has 0 aliphatic heterocycles. The van der Waals surface area contributed by atoms with Gasteiger partial charge in [0.2, 0.25) is 5.91 Å². The fourth-order valence-electron chi connectivity index (χ4n) is 1.99. The number of hydrogen-bond donors (Lipinski definition) is 3. The highest BCUT2D eigenvalue weighted by Gasteiger charge is 2.13. The minimum Gasteiger partial charge on any atom is -0.387 e. The minimum absolute atomic E-state index is 0.0847. The van der Waals surface area contributed by atoms with Gasteiger partial charge in [-0.1, -0.05) is 30.3 Å². The third-order valence-electron chi connectivity index (χ3n) is 3.43. The second kappa shape index (κ2) is 7.55. The van der Waals surface area contributed by atoms with Crippen molar-refractivity contribution in [2.24, 2.45) is 7.05 Å². The predicted octanol–water partition coefficient (Wildman–Crippen LogP) is 0.308. The van der Waals surface area contributed by atoms with E-state index >= 15 is 0 Å². The van der Waals surface area contributed by atoms with Crippen LogP contribution in [-0.2, 0) is 11.8 Å². The Morgan fingerprint density at radius 2 is 1.96 bits per heavy atom. The van der Waals surface area contributed by atoms with E-state index in [1.54, 1.807) is 29.9 Å². The first-order chi connectivity index (χ1) is 11.0. The summed E-state index contributed by atoms with van der Waals surface area (Å²) in [6.07, 6.45) is -0.783. The summed E-state index contributed by atoms with van der Waals surface area (Å²) in [5.41, 5.74) is 1.84. The summed E-state index contributed by atoms with van der Waals surface area (Å²) in [5, 5.41) is 19.0. The molecule has 2 aromatic rings. The standard InChI is InChI=1S/C16H20N4O3/c1-11-8-13(19-20(11)2)16(23)18-10-15(22)17-9-14(21)12-6-4-3-5-7-12/h3-8,14,21H,9-10H2,1-2H3,(H,17,22)(H,18,23). The normalized spacial score (nSPS) is 11.8. The molecule has 23 heavy (non-hydrogen) atoms. The van der Waals surface area contributed by atoms with Crippen molar-refractivity contribution in [3.05, 3.63) is 53.3 Å². The van der Waals surface area contributed by atoms with Gasteiger partial charge in [-0.2, -0.15) is 5.10 Å². The van der Waals surface area contributed by atoms with Gasteiger partial charge < -0.3 is 15.7 Å². The number of nitrogens with one attached hydrogen (secondary N) is 2. The number of carbonyl (C=O) groups is 2. The summed E-state index contributed by atoms with van der Waals surface area (Å²) >= 11 is 0. The Labute approximate surface area is 134 Å². The number of aryl methyl sites for hydroxylation is 2. The molecule has 0 spiro atoms. The smallest absolute Gasteiger partial charge is 0.272 e. The number of nitrogens with zero attached hydrogens (tertiary/aromatic N) is 2. The largest absolute Gasteiger partial charge is 0.387 e. The van der Waals surface area contributed by atoms with Crippen LogP contribution in [0.4, 0.5) is 0 Å². The molecular formula is C16H20N4O3. The maximum Gasteiger partial charge on any atom is 0.272 e. The quantitative estimate of drug-likeness (QED) is 0.714. The highest BCUT2D eigenvalue weighted by atomic mass is 16.3. The lowest BCUT2D eigenvalue weighted by Gasteiger charge is -2.12. The van der Waals surface area contributed by atoms with Crippen LogP contribution in [0.5, 0.6) is 0 Å². The van der Waals surface area contributed by atoms with Gasteiger partial charge in [0.05, 0.1) is 12.6 Å². The average molecular weight is 316 g/mol. The van der Waals surface area contributed by atoms with Crippen molar-refractivity contribution in [3.8, 4) is 0 Å². The highest BCUT2D eigenvalue weighted by molar-refractivity contribution is 5.94. The third kappa shape index (κ3) is 4.65. The molecule has 1 unspecified atom stereocenters. The molecule has 0 bridgehead atoms. The van der Waals surface area contributed by atoms with Gasteiger partial charge in [-0.15, -0.1) is 0 Å². The van der Waals surface area contributed by atoms with Crippen molar-refractivity contribution in [3.63, 3.8) is 0 Å². The summed E-state index contributed by atoms with van der Waals surface area (Å²) in [7, 11) is 1.74. The summed E-state index contributed by atoms with van der Waals surface area (Å²) in [6, 6.07) is 10.7. The van der Waals surface area contributed by atoms with Crippen LogP contribution in [0, 0.1) is 6.92 Å². The van der Waals surface area contributed by atoms with Gasteiger partial charge >= 0.3 is 0 Å². The monoisotopic (exact) mass is 316 g/mol. The fourth-order valence-corrected chi connectivity index (χ4v) is 1.99. The molecule has 2 rings (SSSR count). The van der Waals surface area contributed by atoms with Crippen LogP contribution < -0.4 is 10.6 Å². The van der Waals surface area contributed by atoms with Crippen LogP contribution in [0.3, 0.4) is 0 Å². The van der Waals surface area contributed by atoms with Crippen LogP contribution in [0.25, 0.3) is 0 Å². The van der Waals surface area contributed by atoms with Crippen LogP contribution in [0.1, 0.15) is 27.8 Å². The average Bonchev–Trinajstić information content (AvgIpc) is 2.90. The summed E-state index contributed by atoms with van der Waals surface area (Å²) in [4.78, 5) is 23.6. The van der Waals surface area contributed by atoms with Crippen LogP contribution in [0.15, 0.2) is 36.4 Å². The minimum atomic E-state index is -0.783. The van der Waals surface area contributed by atoms with Gasteiger partial charge in [0.15, 0.2) is 0 Å². The number of amides is 2. The molecule has 7 nitrogen and oxygen atoms in total. The summed E-state index contributed by atoms with van der Waals surface area (Å²) in [5.74, 6) is -0.784. The second-order valence-corrected chi connectivity index (χ2v) is 5.21. The zero-order valence-corrected chi connectivity index (χ0v) is 13.1. The van der Waals surface area contributed by atoms with Crippen molar-refractivity contribution in [1.82, 2.24) is 20.4 Å². The van der Waals surface area contributed by atoms with Gasteiger partial charge in [0.25, 0.3) is 5.91 Å². The van der Waals surface area contributed by atoms with E-state index in [-0.39, 0.29) is 24.7 Å². The fraction of sp³-hybridized carbons (Fsp3) is 0.312. The van der Waals surface area contributed by atoms with Crippen LogP contribution in [0.2, 0.25) is 0 Å². The maximum absolute atomic E-state index is 11.9. The molecule has 1 atom stereocenters. The van der Waals surface area contributed by atoms with Gasteiger partial charge in [-0.05, 0) is 18.6 Å². The molecule has 0 fully saturated rings. The Bertz CT molecular complexity index is 662. The van der Waals surface area contributed by atoms with Crippen molar-refractivity contribution >= 4 is 11.8 Å². The SMILES string of the molecule is Cc1cc(C(=O)NCC(=O)NCC(O)c2ccccc2)nn1C. The van der Waals surface area contributed by atoms with E-state index in [9.17, 15) is 14.7 Å². The second-order valence-electron chi connectivity index (χ2n) is 5.21. The number of aliphatic hydroxyl groups is 1. The number of aromatic nitrogens is 2. The first kappa shape index (κ1) is 16.7. The predicted molar refractivity (Wildman–Crippen MR) is 84.7 cm³/mol. The molecule has 122 valence electrons. The van der Waals surface area contributed by atoms with Crippen LogP contribution in [-0.4, -0.2) is 39.8 Å². The first-order valence-electron chi connectivity index (χ1n) is 7.26. The molecule has 0 radical (unpaired) electrons. The Balaban J connectivity index is 1.76. The van der Waals surface area contributed by atoms with Gasteiger partial charge in [0, 0.05) is 19.3 Å². The Kier molecular flexibility index (Phi) is 5.48. The van der Waals surface area contributed by atoms with Crippen LogP contribution >= 0.6 is 0 Å². The molecule has 0 aliphatic rings. The first-order valence-corrected chi connectivity index (χ1v) is 7.26. The number of carbonyl (C=O) groups excluding carboxylic acids is 2. The zero-order chi connectivity index (χ0) is 16.8. The number of benzene rings is 1. The van der Waals surface area contributed by atoms with Gasteiger partial charge in [0.1, 0.15) is 5.69 Å². The maximum atomic E-state index is 11.9. The van der Waals surface area contributed by atoms with E-state index in [0.29, 0.717) is 0 Å². The molecule has 1 aromatic carbocycles. The zero-order valence-electron chi connectivity index (χ0n) is 13.1. The molecule has 1 aromatic heterocycles. The molecule has 0 aliphatic carbocycles. The molecule has 3 N–H and O–H groups in total. The summed E-state index contributed by atoms with van der Waals surface area (Å²) < 4.78 is 1.59. The molecule has 0 saturated heterocycles. The number of aliphatic hydroxyl groups excluding tert-OH is 1. The van der Waals surface area contributed by atoms with Crippen molar-refractivity contribution in [1.29, 1.82) is 0 Å². The molecule has 7 heteroatoms. The van der Waals surface area contributed by atoms with Crippen molar-refractivity contribution in [2.45, 2.75) is 13.0 Å². The number of rotatable bonds is 6. The lowest BCUT2D eigenvalue weighted by Crippen LogP contribution is -2.38. The Hall–Kier alpha value is -2.67. The third-order valence-corrected chi connectivity index (χ3v) is 3.43. The molecule has 2 amide bonds. The lowest BCUT2D eigenvalue weighted by atomic mass is 10.1. The van der Waals surface area contributed by atoms with Gasteiger partial charge in [-0.25, -0.2) is 0 Å². The van der Waals surface area contributed by atoms with Gasteiger partial charge in [-0.3, -0.25) is 14.3 Å². The van der Waals surface area contributed by atoms with Crippen molar-refractivity contribution in [2.75, 3.05) is 13.1 Å². The van der Waals surface area contributed by atoms with Crippen molar-refractivity contribution < 1.29 is 14.7 Å². The molecule has 1 heterocycles. The summed E-state index contributed by atoms with van der Waals surface area (Å²) in [6.45, 7) is 1.75. The Morgan fingerprint density at radius 1 is 1.26 bits per heavy atom. The molecule has 0 saturated carbocycles. The lowest BCUT2D eigenvalue weighted by molar-refractivity contribution is -0.120. The van der Waals surface area contributed by atoms with E-state index in [1.165, 1.54) is 0 Å². The van der Waals surface area contributed by atoms with E-state index in [0.717, 1.165) is 11.3 Å². The van der Waals surface area contributed by atoms with E-state index < -0.39 is 12.0 Å². The number of hydrogen-bond acceptors (Lipinski definition) is 4. The van der Waals surface area contributed by atoms with E-state index in [2.05, 4.69) is 15.7 Å². The highest BCUT2D eigenvalue weighted by Crippen LogP contribution is 2.10.